The first-order valence-corrected chi connectivity index (χ1v) is 7.46. The second-order valence-corrected chi connectivity index (χ2v) is 5.08. The molecule has 0 spiro atoms. The molecule has 22 heavy (non-hydrogen) atoms. The van der Waals surface area contributed by atoms with Crippen molar-refractivity contribution in [2.75, 3.05) is 26.7 Å². The van der Waals surface area contributed by atoms with Gasteiger partial charge < -0.3 is 15.1 Å². The number of nitrogens with zero attached hydrogens (tertiary/aromatic N) is 2. The summed E-state index contributed by atoms with van der Waals surface area (Å²) in [5.41, 5.74) is 0. The maximum atomic E-state index is 12.0. The first-order chi connectivity index (χ1) is 11.7. The van der Waals surface area contributed by atoms with Gasteiger partial charge in [-0.3, -0.25) is 9.69 Å². The molecule has 0 atom stereocenters. The lowest BCUT2D eigenvalue weighted by molar-refractivity contribution is -0.378. The van der Waals surface area contributed by atoms with E-state index >= 15 is 0 Å². The normalized spacial score (nSPS) is 24.8. The molecule has 2 amide bonds. The van der Waals surface area contributed by atoms with E-state index in [1.165, 1.54) is 0 Å². The molecule has 8 heteroatoms. The number of amides is 2. The lowest BCUT2D eigenvalue weighted by Crippen LogP contribution is -2.49. The van der Waals surface area contributed by atoms with Gasteiger partial charge in [-0.1, -0.05) is 25.7 Å². The fourth-order valence-electron chi connectivity index (χ4n) is 2.07. The number of carbonyl (C=O) groups is 2. The summed E-state index contributed by atoms with van der Waals surface area (Å²) in [6.45, 7) is -2.61. The number of nitrogens with one attached hydrogen (secondary N) is 1. The Morgan fingerprint density at radius 2 is 2.00 bits per heavy atom. The molecular formula is C14H25N3O5. The smallest absolute Gasteiger partial charge is 0.476 e. The molecule has 0 bridgehead atoms. The Kier molecular flexibility index (Phi) is 6.27. The van der Waals surface area contributed by atoms with Crippen LogP contribution in [-0.4, -0.2) is 59.4 Å². The van der Waals surface area contributed by atoms with Crippen molar-refractivity contribution in [3.05, 3.63) is 5.21 Å². The van der Waals surface area contributed by atoms with E-state index < -0.39 is 29.7 Å². The number of guanidine groups is 1. The molecule has 1 fully saturated rings. The van der Waals surface area contributed by atoms with Crippen molar-refractivity contribution < 1.29 is 28.3 Å². The summed E-state index contributed by atoms with van der Waals surface area (Å²) in [5.74, 6) is -1.42. The average Bonchev–Trinajstić information content (AvgIpc) is 2.52. The summed E-state index contributed by atoms with van der Waals surface area (Å²) in [7, 11) is 0. The highest BCUT2D eigenvalue weighted by Gasteiger charge is 2.22. The molecule has 1 rings (SSSR count). The van der Waals surface area contributed by atoms with Crippen LogP contribution in [0.1, 0.15) is 49.1 Å². The fourth-order valence-corrected chi connectivity index (χ4v) is 2.07. The summed E-state index contributed by atoms with van der Waals surface area (Å²) in [4.78, 5) is 23.6. The lowest BCUT2D eigenvalue weighted by atomic mass is 10.1. The molecule has 0 aromatic rings. The van der Waals surface area contributed by atoms with Gasteiger partial charge >= 0.3 is 12.1 Å². The molecular weight excluding hydrogens is 290 g/mol. The number of ether oxygens (including phenoxy) is 1. The average molecular weight is 318 g/mol. The maximum absolute atomic E-state index is 12.0. The molecule has 126 valence electrons. The van der Waals surface area contributed by atoms with Crippen molar-refractivity contribution >= 4 is 18.0 Å². The second-order valence-electron chi connectivity index (χ2n) is 5.08. The topological polar surface area (TPSA) is 105 Å². The molecule has 1 saturated heterocycles. The van der Waals surface area contributed by atoms with Crippen molar-refractivity contribution in [3.8, 4) is 0 Å². The highest BCUT2D eigenvalue weighted by atomic mass is 16.5. The van der Waals surface area contributed by atoms with E-state index in [2.05, 4.69) is 5.32 Å². The predicted octanol–water partition coefficient (Wildman–Crippen LogP) is 1.34. The van der Waals surface area contributed by atoms with Gasteiger partial charge in [-0.05, 0) is 12.8 Å². The van der Waals surface area contributed by atoms with Crippen molar-refractivity contribution in [2.45, 2.75) is 44.9 Å². The summed E-state index contributed by atoms with van der Waals surface area (Å²) in [6.07, 6.45) is 3.39. The van der Waals surface area contributed by atoms with Gasteiger partial charge in [0.25, 0.3) is 5.91 Å². The van der Waals surface area contributed by atoms with Gasteiger partial charge in [0.05, 0.1) is 24.2 Å². The number of hydrogen-bond acceptors (Lipinski definition) is 4. The van der Waals surface area contributed by atoms with Gasteiger partial charge in [0.15, 0.2) is 0 Å². The van der Waals surface area contributed by atoms with Crippen LogP contribution < -0.4 is 5.32 Å². The van der Waals surface area contributed by atoms with Crippen molar-refractivity contribution in [1.82, 2.24) is 10.2 Å². The first-order valence-electron chi connectivity index (χ1n) is 8.96. The van der Waals surface area contributed by atoms with Gasteiger partial charge in [-0.25, -0.2) is 10.1 Å². The minimum absolute atomic E-state index is 0.00871. The Bertz CT molecular complexity index is 497. The third-order valence-corrected chi connectivity index (χ3v) is 3.27. The number of carbonyl (C=O) groups excluding carboxylic acids is 1. The Hall–Kier alpha value is -1.83. The molecule has 1 heterocycles. The van der Waals surface area contributed by atoms with Crippen LogP contribution in [0.2, 0.25) is 0 Å². The van der Waals surface area contributed by atoms with Crippen LogP contribution in [0.5, 0.6) is 0 Å². The highest BCUT2D eigenvalue weighted by Crippen LogP contribution is 2.07. The summed E-state index contributed by atoms with van der Waals surface area (Å²) in [5, 5.41) is 22.9. The van der Waals surface area contributed by atoms with Gasteiger partial charge in [0, 0.05) is 13.0 Å². The van der Waals surface area contributed by atoms with Crippen LogP contribution in [0.15, 0.2) is 0 Å². The van der Waals surface area contributed by atoms with Gasteiger partial charge in [0.2, 0.25) is 0 Å². The van der Waals surface area contributed by atoms with E-state index in [1.54, 1.807) is 0 Å². The molecule has 0 aliphatic carbocycles. The van der Waals surface area contributed by atoms with E-state index in [0.717, 1.165) is 32.1 Å². The Morgan fingerprint density at radius 1 is 1.32 bits per heavy atom. The molecule has 0 saturated carbocycles. The molecule has 0 aromatic heterocycles. The monoisotopic (exact) mass is 318 g/mol. The van der Waals surface area contributed by atoms with Crippen molar-refractivity contribution in [1.29, 1.82) is 0 Å². The van der Waals surface area contributed by atoms with E-state index in [1.807, 2.05) is 0 Å². The number of hydrogen-bond donors (Lipinski definition) is 2. The van der Waals surface area contributed by atoms with Crippen LogP contribution in [0, 0.1) is 5.21 Å². The number of likely N-dealkylation sites (N-methyl/N-ethyl adjacent to an activating group) is 1. The number of hydroxylamine groups is 1. The summed E-state index contributed by atoms with van der Waals surface area (Å²) < 4.78 is 27.4. The standard InChI is InChI=1S/C14H25N3O5/c1-16-9-11-22-10-7-5-3-2-4-6-8-12(18)15-13(16)17(21)14(19)20/h2-11H2,1H3,(H,15,18)(H,19,20)/b17-13+/i1D3. The Morgan fingerprint density at radius 3 is 2.68 bits per heavy atom. The van der Waals surface area contributed by atoms with Crippen molar-refractivity contribution in [3.63, 3.8) is 0 Å². The van der Waals surface area contributed by atoms with Crippen LogP contribution in [0.25, 0.3) is 0 Å². The molecule has 0 aromatic carbocycles. The Labute approximate surface area is 134 Å². The molecule has 2 N–H and O–H groups in total. The van der Waals surface area contributed by atoms with Gasteiger partial charge in [0.1, 0.15) is 0 Å². The minimum atomic E-state index is -2.81. The van der Waals surface area contributed by atoms with Crippen LogP contribution >= 0.6 is 0 Å². The maximum Gasteiger partial charge on any atom is 0.476 e. The predicted molar refractivity (Wildman–Crippen MR) is 80.6 cm³/mol. The number of carboxylic acid groups (broad SMARTS) is 1. The Balaban J connectivity index is 3.04. The zero-order valence-electron chi connectivity index (χ0n) is 15.5. The largest absolute Gasteiger partial charge is 0.735 e. The third kappa shape index (κ3) is 6.75. The first kappa shape index (κ1) is 13.8. The molecule has 1 aliphatic heterocycles. The summed E-state index contributed by atoms with van der Waals surface area (Å²) >= 11 is 0. The SMILES string of the molecule is [2H]C([2H])([2H])N1CCOCCCCCCCCC(=O)N/C1=[N+](\[O-])C(=O)O. The van der Waals surface area contributed by atoms with Crippen LogP contribution in [0.3, 0.4) is 0 Å². The summed E-state index contributed by atoms with van der Waals surface area (Å²) in [6, 6.07) is 0. The molecule has 1 aliphatic rings. The second kappa shape index (κ2) is 9.99. The van der Waals surface area contributed by atoms with Crippen LogP contribution in [0.4, 0.5) is 4.79 Å². The van der Waals surface area contributed by atoms with Gasteiger partial charge in [-0.2, -0.15) is 4.74 Å². The highest BCUT2D eigenvalue weighted by molar-refractivity contribution is 5.95. The lowest BCUT2D eigenvalue weighted by Gasteiger charge is -2.19. The zero-order chi connectivity index (χ0) is 18.9. The quantitative estimate of drug-likeness (QED) is 0.397. The van der Waals surface area contributed by atoms with E-state index in [9.17, 15) is 14.8 Å². The minimum Gasteiger partial charge on any atom is -0.735 e. The van der Waals surface area contributed by atoms with E-state index in [-0.39, 0.29) is 19.6 Å². The molecule has 0 unspecified atom stereocenters. The fraction of sp³-hybridized carbons (Fsp3) is 0.786. The molecule has 8 nitrogen and oxygen atoms in total. The van der Waals surface area contributed by atoms with Gasteiger partial charge in [-0.15, -0.1) is 0 Å². The molecule has 0 radical (unpaired) electrons. The van der Waals surface area contributed by atoms with Crippen molar-refractivity contribution in [2.24, 2.45) is 0 Å². The van der Waals surface area contributed by atoms with Crippen LogP contribution in [-0.2, 0) is 9.53 Å². The van der Waals surface area contributed by atoms with E-state index in [0.29, 0.717) is 17.9 Å². The van der Waals surface area contributed by atoms with E-state index in [4.69, 9.17) is 14.0 Å². The zero-order valence-corrected chi connectivity index (χ0v) is 12.5. The third-order valence-electron chi connectivity index (χ3n) is 3.27. The number of rotatable bonds is 0.